The van der Waals surface area contributed by atoms with Gasteiger partial charge < -0.3 is 9.72 Å². The molecule has 6 nitrogen and oxygen atoms in total. The summed E-state index contributed by atoms with van der Waals surface area (Å²) in [6.45, 7) is 5.88. The van der Waals surface area contributed by atoms with E-state index in [4.69, 9.17) is 4.74 Å². The molecule has 6 heteroatoms. The Morgan fingerprint density at radius 2 is 2.29 bits per heavy atom. The maximum absolute atomic E-state index is 11.7. The van der Waals surface area contributed by atoms with Crippen LogP contribution in [0.5, 0.6) is 0 Å². The van der Waals surface area contributed by atoms with Crippen molar-refractivity contribution >= 4 is 5.97 Å². The molecule has 0 aromatic carbocycles. The lowest BCUT2D eigenvalue weighted by molar-refractivity contribution is 0.0520. The molecule has 0 saturated heterocycles. The van der Waals surface area contributed by atoms with Gasteiger partial charge in [-0.05, 0) is 26.8 Å². The third-order valence-electron chi connectivity index (χ3n) is 2.31. The second-order valence-electron chi connectivity index (χ2n) is 3.66. The minimum absolute atomic E-state index is 0.318. The van der Waals surface area contributed by atoms with E-state index in [1.54, 1.807) is 11.6 Å². The van der Waals surface area contributed by atoms with Gasteiger partial charge in [-0.3, -0.25) is 0 Å². The van der Waals surface area contributed by atoms with Gasteiger partial charge in [-0.1, -0.05) is 0 Å². The number of aromatic amines is 1. The number of hydrogen-bond acceptors (Lipinski definition) is 4. The van der Waals surface area contributed by atoms with Gasteiger partial charge in [0.05, 0.1) is 18.6 Å². The lowest BCUT2D eigenvalue weighted by atomic mass is 10.4. The summed E-state index contributed by atoms with van der Waals surface area (Å²) in [4.78, 5) is 18.6. The molecule has 0 radical (unpaired) electrons. The Hall–Kier alpha value is -2.11. The Kier molecular flexibility index (Phi) is 2.95. The van der Waals surface area contributed by atoms with Crippen LogP contribution in [0.1, 0.15) is 28.8 Å². The Morgan fingerprint density at radius 1 is 1.53 bits per heavy atom. The smallest absolute Gasteiger partial charge is 0.358 e. The van der Waals surface area contributed by atoms with E-state index in [2.05, 4.69) is 15.1 Å². The molecule has 0 bridgehead atoms. The van der Waals surface area contributed by atoms with E-state index in [9.17, 15) is 4.79 Å². The molecule has 2 rings (SSSR count). The first-order valence-electron chi connectivity index (χ1n) is 5.37. The summed E-state index contributed by atoms with van der Waals surface area (Å²) >= 11 is 0. The first-order chi connectivity index (χ1) is 8.13. The first-order valence-corrected chi connectivity index (χ1v) is 5.37. The van der Waals surface area contributed by atoms with Gasteiger partial charge in [0, 0.05) is 5.69 Å². The quantitative estimate of drug-likeness (QED) is 0.814. The summed E-state index contributed by atoms with van der Waals surface area (Å²) in [7, 11) is 0. The first kappa shape index (κ1) is 11.4. The molecule has 2 aromatic rings. The second-order valence-corrected chi connectivity index (χ2v) is 3.66. The standard InChI is InChI=1S/C11H14N4O2/c1-4-17-11(16)9-10(13-6-12-9)15-8(3)5-7(2)14-15/h5-6H,4H2,1-3H3,(H,12,13). The molecule has 2 aromatic heterocycles. The number of ether oxygens (including phenoxy) is 1. The van der Waals surface area contributed by atoms with Crippen LogP contribution in [0.2, 0.25) is 0 Å². The third kappa shape index (κ3) is 2.06. The normalized spacial score (nSPS) is 10.5. The van der Waals surface area contributed by atoms with Crippen LogP contribution in [0.4, 0.5) is 0 Å². The van der Waals surface area contributed by atoms with Crippen LogP contribution in [0.25, 0.3) is 5.82 Å². The molecule has 2 heterocycles. The molecule has 17 heavy (non-hydrogen) atoms. The number of aromatic nitrogens is 4. The zero-order valence-electron chi connectivity index (χ0n) is 10.0. The third-order valence-corrected chi connectivity index (χ3v) is 2.31. The molecule has 0 spiro atoms. The van der Waals surface area contributed by atoms with Crippen LogP contribution in [0.3, 0.4) is 0 Å². The minimum Gasteiger partial charge on any atom is -0.461 e. The largest absolute Gasteiger partial charge is 0.461 e. The number of nitrogens with zero attached hydrogens (tertiary/aromatic N) is 3. The molecular weight excluding hydrogens is 220 g/mol. The Morgan fingerprint density at radius 3 is 2.88 bits per heavy atom. The highest BCUT2D eigenvalue weighted by Crippen LogP contribution is 2.13. The Bertz CT molecular complexity index is 541. The van der Waals surface area contributed by atoms with Gasteiger partial charge in [0.25, 0.3) is 0 Å². The number of imidazole rings is 1. The van der Waals surface area contributed by atoms with E-state index in [-0.39, 0.29) is 0 Å². The SMILES string of the molecule is CCOC(=O)c1[nH]cnc1-n1nc(C)cc1C. The van der Waals surface area contributed by atoms with Crippen molar-refractivity contribution in [2.24, 2.45) is 0 Å². The Balaban J connectivity index is 2.43. The highest BCUT2D eigenvalue weighted by molar-refractivity contribution is 5.90. The van der Waals surface area contributed by atoms with E-state index in [0.717, 1.165) is 11.4 Å². The lowest BCUT2D eigenvalue weighted by Gasteiger charge is -2.04. The van der Waals surface area contributed by atoms with E-state index >= 15 is 0 Å². The maximum Gasteiger partial charge on any atom is 0.358 e. The number of esters is 1. The van der Waals surface area contributed by atoms with E-state index in [0.29, 0.717) is 18.1 Å². The van der Waals surface area contributed by atoms with Crippen molar-refractivity contribution in [1.82, 2.24) is 19.7 Å². The van der Waals surface area contributed by atoms with Gasteiger partial charge in [-0.15, -0.1) is 0 Å². The van der Waals surface area contributed by atoms with Crippen molar-refractivity contribution in [3.05, 3.63) is 29.5 Å². The molecule has 0 atom stereocenters. The number of carbonyl (C=O) groups is 1. The molecule has 1 N–H and O–H groups in total. The van der Waals surface area contributed by atoms with E-state index < -0.39 is 5.97 Å². The van der Waals surface area contributed by atoms with Crippen LogP contribution in [-0.4, -0.2) is 32.3 Å². The number of nitrogens with one attached hydrogen (secondary N) is 1. The predicted molar refractivity (Wildman–Crippen MR) is 61.1 cm³/mol. The number of hydrogen-bond donors (Lipinski definition) is 1. The monoisotopic (exact) mass is 234 g/mol. The van der Waals surface area contributed by atoms with Crippen molar-refractivity contribution in [1.29, 1.82) is 0 Å². The van der Waals surface area contributed by atoms with Crippen LogP contribution >= 0.6 is 0 Å². The fourth-order valence-electron chi connectivity index (χ4n) is 1.64. The zero-order valence-corrected chi connectivity index (χ0v) is 10.0. The number of H-pyrrole nitrogens is 1. The van der Waals surface area contributed by atoms with Gasteiger partial charge in [-0.2, -0.15) is 5.10 Å². The van der Waals surface area contributed by atoms with Gasteiger partial charge in [0.15, 0.2) is 11.5 Å². The van der Waals surface area contributed by atoms with Gasteiger partial charge in [0.2, 0.25) is 0 Å². The van der Waals surface area contributed by atoms with Crippen LogP contribution < -0.4 is 0 Å². The van der Waals surface area contributed by atoms with Crippen molar-refractivity contribution in [2.75, 3.05) is 6.61 Å². The number of rotatable bonds is 3. The average Bonchev–Trinajstić information content (AvgIpc) is 2.84. The fourth-order valence-corrected chi connectivity index (χ4v) is 1.64. The molecular formula is C11H14N4O2. The summed E-state index contributed by atoms with van der Waals surface area (Å²) in [6, 6.07) is 1.92. The minimum atomic E-state index is -0.424. The maximum atomic E-state index is 11.7. The molecule has 0 amide bonds. The predicted octanol–water partition coefficient (Wildman–Crippen LogP) is 1.39. The van der Waals surface area contributed by atoms with Crippen molar-refractivity contribution in [3.8, 4) is 5.82 Å². The lowest BCUT2D eigenvalue weighted by Crippen LogP contribution is -2.11. The second kappa shape index (κ2) is 4.40. The van der Waals surface area contributed by atoms with Gasteiger partial charge >= 0.3 is 5.97 Å². The summed E-state index contributed by atoms with van der Waals surface area (Å²) in [6.07, 6.45) is 1.46. The summed E-state index contributed by atoms with van der Waals surface area (Å²) in [5, 5.41) is 4.28. The number of aryl methyl sites for hydroxylation is 2. The fraction of sp³-hybridized carbons (Fsp3) is 0.364. The molecule has 0 aliphatic carbocycles. The summed E-state index contributed by atoms with van der Waals surface area (Å²) in [5.41, 5.74) is 2.11. The molecule has 90 valence electrons. The molecule has 0 aliphatic rings. The molecule has 0 fully saturated rings. The highest BCUT2D eigenvalue weighted by atomic mass is 16.5. The molecule has 0 aliphatic heterocycles. The highest BCUT2D eigenvalue weighted by Gasteiger charge is 2.18. The van der Waals surface area contributed by atoms with E-state index in [1.165, 1.54) is 6.33 Å². The van der Waals surface area contributed by atoms with Crippen molar-refractivity contribution in [3.63, 3.8) is 0 Å². The van der Waals surface area contributed by atoms with Gasteiger partial charge in [-0.25, -0.2) is 14.5 Å². The molecule has 0 unspecified atom stereocenters. The topological polar surface area (TPSA) is 72.8 Å². The van der Waals surface area contributed by atoms with Gasteiger partial charge in [0.1, 0.15) is 0 Å². The van der Waals surface area contributed by atoms with Crippen LogP contribution in [-0.2, 0) is 4.74 Å². The van der Waals surface area contributed by atoms with Crippen molar-refractivity contribution in [2.45, 2.75) is 20.8 Å². The summed E-state index contributed by atoms with van der Waals surface area (Å²) in [5.74, 6) is 0.0432. The number of carbonyl (C=O) groups excluding carboxylic acids is 1. The zero-order chi connectivity index (χ0) is 12.4. The van der Waals surface area contributed by atoms with Crippen LogP contribution in [0.15, 0.2) is 12.4 Å². The Labute approximate surface area is 98.6 Å². The van der Waals surface area contributed by atoms with Crippen LogP contribution in [0, 0.1) is 13.8 Å². The summed E-state index contributed by atoms with van der Waals surface area (Å²) < 4.78 is 6.57. The molecule has 0 saturated carbocycles. The van der Waals surface area contributed by atoms with E-state index in [1.807, 2.05) is 19.9 Å². The average molecular weight is 234 g/mol. The van der Waals surface area contributed by atoms with Crippen molar-refractivity contribution < 1.29 is 9.53 Å².